The van der Waals surface area contributed by atoms with Crippen molar-refractivity contribution < 1.29 is 14.6 Å². The molecule has 0 aromatic rings. The molecule has 1 unspecified atom stereocenters. The van der Waals surface area contributed by atoms with Crippen molar-refractivity contribution in [3.8, 4) is 0 Å². The van der Waals surface area contributed by atoms with Crippen molar-refractivity contribution in [2.45, 2.75) is 32.3 Å². The Bertz CT molecular complexity index is 184. The standard InChI is InChI=1S/C10H19NO3/c1-2-3-6-14-10(13)8-11-5-4-9(12)7-11/h9,12H,2-8H2,1H3. The van der Waals surface area contributed by atoms with Crippen molar-refractivity contribution in [3.63, 3.8) is 0 Å². The maximum Gasteiger partial charge on any atom is 0.320 e. The van der Waals surface area contributed by atoms with Crippen LogP contribution in [0.4, 0.5) is 0 Å². The molecule has 4 nitrogen and oxygen atoms in total. The summed E-state index contributed by atoms with van der Waals surface area (Å²) in [5.41, 5.74) is 0. The molecule has 1 atom stereocenters. The van der Waals surface area contributed by atoms with Crippen LogP contribution in [0.1, 0.15) is 26.2 Å². The predicted octanol–water partition coefficient (Wildman–Crippen LogP) is 0.396. The van der Waals surface area contributed by atoms with Crippen molar-refractivity contribution >= 4 is 5.97 Å². The van der Waals surface area contributed by atoms with Gasteiger partial charge in [-0.05, 0) is 12.8 Å². The number of unbranched alkanes of at least 4 members (excludes halogenated alkanes) is 1. The second-order valence-corrected chi connectivity index (χ2v) is 3.75. The number of likely N-dealkylation sites (tertiary alicyclic amines) is 1. The van der Waals surface area contributed by atoms with Crippen LogP contribution in [0.3, 0.4) is 0 Å². The number of aliphatic hydroxyl groups excluding tert-OH is 1. The molecule has 1 rings (SSSR count). The monoisotopic (exact) mass is 201 g/mol. The van der Waals surface area contributed by atoms with Crippen LogP contribution in [-0.4, -0.2) is 48.3 Å². The SMILES string of the molecule is CCCCOC(=O)CN1CCC(O)C1. The summed E-state index contributed by atoms with van der Waals surface area (Å²) in [5.74, 6) is -0.174. The van der Waals surface area contributed by atoms with Gasteiger partial charge in [0.1, 0.15) is 0 Å². The van der Waals surface area contributed by atoms with Crippen molar-refractivity contribution in [3.05, 3.63) is 0 Å². The van der Waals surface area contributed by atoms with Crippen LogP contribution >= 0.6 is 0 Å². The van der Waals surface area contributed by atoms with Crippen molar-refractivity contribution in [1.29, 1.82) is 0 Å². The molecular weight excluding hydrogens is 182 g/mol. The highest BCUT2D eigenvalue weighted by atomic mass is 16.5. The van der Waals surface area contributed by atoms with E-state index in [1.165, 1.54) is 0 Å². The number of nitrogens with zero attached hydrogens (tertiary/aromatic N) is 1. The largest absolute Gasteiger partial charge is 0.465 e. The Morgan fingerprint density at radius 3 is 3.00 bits per heavy atom. The number of rotatable bonds is 5. The van der Waals surface area contributed by atoms with Gasteiger partial charge in [-0.1, -0.05) is 13.3 Å². The zero-order valence-electron chi connectivity index (χ0n) is 8.74. The lowest BCUT2D eigenvalue weighted by Gasteiger charge is -2.13. The quantitative estimate of drug-likeness (QED) is 0.516. The fourth-order valence-electron chi connectivity index (χ4n) is 1.51. The number of carbonyl (C=O) groups is 1. The van der Waals surface area contributed by atoms with E-state index in [9.17, 15) is 9.90 Å². The molecule has 1 heterocycles. The van der Waals surface area contributed by atoms with Crippen molar-refractivity contribution in [2.24, 2.45) is 0 Å². The van der Waals surface area contributed by atoms with E-state index in [1.54, 1.807) is 0 Å². The average Bonchev–Trinajstić information content (AvgIpc) is 2.52. The molecule has 0 radical (unpaired) electrons. The summed E-state index contributed by atoms with van der Waals surface area (Å²) in [4.78, 5) is 13.2. The van der Waals surface area contributed by atoms with Crippen molar-refractivity contribution in [1.82, 2.24) is 4.90 Å². The predicted molar refractivity (Wildman–Crippen MR) is 52.9 cm³/mol. The lowest BCUT2D eigenvalue weighted by Crippen LogP contribution is -2.29. The van der Waals surface area contributed by atoms with Gasteiger partial charge in [0.2, 0.25) is 0 Å². The van der Waals surface area contributed by atoms with E-state index in [0.29, 0.717) is 19.7 Å². The van der Waals surface area contributed by atoms with Gasteiger partial charge in [0.05, 0.1) is 19.3 Å². The van der Waals surface area contributed by atoms with Gasteiger partial charge in [0.25, 0.3) is 0 Å². The molecule has 0 spiro atoms. The van der Waals surface area contributed by atoms with Crippen LogP contribution in [-0.2, 0) is 9.53 Å². The molecule has 0 aliphatic carbocycles. The Labute approximate surface area is 84.8 Å². The summed E-state index contributed by atoms with van der Waals surface area (Å²) in [6, 6.07) is 0. The van der Waals surface area contributed by atoms with Crippen LogP contribution in [0.5, 0.6) is 0 Å². The average molecular weight is 201 g/mol. The first-order valence-corrected chi connectivity index (χ1v) is 5.28. The molecule has 0 saturated carbocycles. The van der Waals surface area contributed by atoms with Gasteiger partial charge in [-0.25, -0.2) is 0 Å². The molecule has 82 valence electrons. The Kier molecular flexibility index (Phi) is 4.90. The fourth-order valence-corrected chi connectivity index (χ4v) is 1.51. The third kappa shape index (κ3) is 4.07. The van der Waals surface area contributed by atoms with E-state index in [0.717, 1.165) is 25.8 Å². The minimum atomic E-state index is -0.265. The van der Waals surface area contributed by atoms with Gasteiger partial charge in [-0.15, -0.1) is 0 Å². The lowest BCUT2D eigenvalue weighted by molar-refractivity contribution is -0.144. The molecule has 14 heavy (non-hydrogen) atoms. The molecule has 1 saturated heterocycles. The maximum absolute atomic E-state index is 11.2. The number of β-amino-alcohol motifs (C(OH)–C–C–N with tert-alkyl or cyclic N) is 1. The van der Waals surface area contributed by atoms with Crippen LogP contribution in [0, 0.1) is 0 Å². The number of hydrogen-bond donors (Lipinski definition) is 1. The Morgan fingerprint density at radius 1 is 1.64 bits per heavy atom. The molecule has 1 N–H and O–H groups in total. The summed E-state index contributed by atoms with van der Waals surface area (Å²) < 4.78 is 5.02. The Morgan fingerprint density at radius 2 is 2.43 bits per heavy atom. The zero-order chi connectivity index (χ0) is 10.4. The number of carbonyl (C=O) groups excluding carboxylic acids is 1. The summed E-state index contributed by atoms with van der Waals surface area (Å²) in [6.07, 6.45) is 2.46. The van der Waals surface area contributed by atoms with Gasteiger partial charge in [0, 0.05) is 13.1 Å². The van der Waals surface area contributed by atoms with E-state index in [4.69, 9.17) is 4.74 Å². The highest BCUT2D eigenvalue weighted by molar-refractivity contribution is 5.71. The van der Waals surface area contributed by atoms with E-state index in [1.807, 2.05) is 4.90 Å². The summed E-state index contributed by atoms with van der Waals surface area (Å²) in [5, 5.41) is 9.23. The van der Waals surface area contributed by atoms with E-state index in [2.05, 4.69) is 6.92 Å². The fraction of sp³-hybridized carbons (Fsp3) is 0.900. The summed E-state index contributed by atoms with van der Waals surface area (Å²) in [7, 11) is 0. The highest BCUT2D eigenvalue weighted by Crippen LogP contribution is 2.07. The van der Waals surface area contributed by atoms with Gasteiger partial charge in [-0.3, -0.25) is 9.69 Å². The molecule has 0 amide bonds. The lowest BCUT2D eigenvalue weighted by atomic mass is 10.3. The van der Waals surface area contributed by atoms with Gasteiger partial charge >= 0.3 is 5.97 Å². The minimum Gasteiger partial charge on any atom is -0.465 e. The minimum absolute atomic E-state index is 0.174. The second-order valence-electron chi connectivity index (χ2n) is 3.75. The molecular formula is C10H19NO3. The van der Waals surface area contributed by atoms with Gasteiger partial charge in [0.15, 0.2) is 0 Å². The number of hydrogen-bond acceptors (Lipinski definition) is 4. The molecule has 4 heteroatoms. The van der Waals surface area contributed by atoms with Crippen LogP contribution < -0.4 is 0 Å². The summed E-state index contributed by atoms with van der Waals surface area (Å²) >= 11 is 0. The molecule has 1 fully saturated rings. The zero-order valence-corrected chi connectivity index (χ0v) is 8.74. The molecule has 1 aliphatic rings. The van der Waals surface area contributed by atoms with E-state index >= 15 is 0 Å². The van der Waals surface area contributed by atoms with Crippen molar-refractivity contribution in [2.75, 3.05) is 26.2 Å². The number of ether oxygens (including phenoxy) is 1. The van der Waals surface area contributed by atoms with Gasteiger partial charge in [-0.2, -0.15) is 0 Å². The second kappa shape index (κ2) is 5.98. The van der Waals surface area contributed by atoms with Crippen LogP contribution in [0.25, 0.3) is 0 Å². The molecule has 0 bridgehead atoms. The summed E-state index contributed by atoms with van der Waals surface area (Å²) in [6.45, 7) is 4.30. The van der Waals surface area contributed by atoms with E-state index < -0.39 is 0 Å². The van der Waals surface area contributed by atoms with Gasteiger partial charge < -0.3 is 9.84 Å². The molecule has 0 aromatic carbocycles. The maximum atomic E-state index is 11.2. The van der Waals surface area contributed by atoms with E-state index in [-0.39, 0.29) is 12.1 Å². The first-order chi connectivity index (χ1) is 6.72. The molecule has 0 aromatic heterocycles. The third-order valence-corrected chi connectivity index (χ3v) is 2.36. The third-order valence-electron chi connectivity index (χ3n) is 2.36. The van der Waals surface area contributed by atoms with Crippen LogP contribution in [0.2, 0.25) is 0 Å². The Balaban J connectivity index is 2.08. The molecule has 1 aliphatic heterocycles. The Hall–Kier alpha value is -0.610. The smallest absolute Gasteiger partial charge is 0.320 e. The number of esters is 1. The topological polar surface area (TPSA) is 49.8 Å². The normalized spacial score (nSPS) is 22.6. The first kappa shape index (κ1) is 11.5. The first-order valence-electron chi connectivity index (χ1n) is 5.28. The van der Waals surface area contributed by atoms with Crippen LogP contribution in [0.15, 0.2) is 0 Å². The number of aliphatic hydroxyl groups is 1. The highest BCUT2D eigenvalue weighted by Gasteiger charge is 2.22.